The van der Waals surface area contributed by atoms with Crippen LogP contribution in [0.15, 0.2) is 56.9 Å². The Morgan fingerprint density at radius 3 is 1.28 bits per heavy atom. The molecule has 172 valence electrons. The van der Waals surface area contributed by atoms with Gasteiger partial charge in [-0.3, -0.25) is 0 Å². The highest BCUT2D eigenvalue weighted by Gasteiger charge is 2.52. The van der Waals surface area contributed by atoms with Crippen LogP contribution in [0.5, 0.6) is 0 Å². The summed E-state index contributed by atoms with van der Waals surface area (Å²) in [6.07, 6.45) is 0. The smallest absolute Gasteiger partial charge is 0.0644 e. The van der Waals surface area contributed by atoms with E-state index in [1.807, 2.05) is 6.07 Å². The Balaban J connectivity index is 2.48. The van der Waals surface area contributed by atoms with E-state index in [-0.39, 0.29) is 0 Å². The summed E-state index contributed by atoms with van der Waals surface area (Å²) in [4.78, 5) is 0. The molecule has 0 nitrogen and oxygen atoms in total. The van der Waals surface area contributed by atoms with Crippen LogP contribution in [0.2, 0.25) is 0 Å². The fraction of sp³-hybridized carbons (Fsp3) is 0.111. The van der Waals surface area contributed by atoms with E-state index in [0.29, 0.717) is 0 Å². The zero-order chi connectivity index (χ0) is 24.5. The Labute approximate surface area is 302 Å². The van der Waals surface area contributed by atoms with Gasteiger partial charge < -0.3 is 0 Å². The summed E-state index contributed by atoms with van der Waals surface area (Å²) < 4.78 is 7.24. The summed E-state index contributed by atoms with van der Waals surface area (Å²) in [7, 11) is 0. The highest BCUT2D eigenvalue weighted by atomic mass is 79.9. The maximum Gasteiger partial charge on any atom is 0.137 e. The lowest BCUT2D eigenvalue weighted by Crippen LogP contribution is -2.31. The molecule has 3 rings (SSSR count). The molecule has 0 atom stereocenters. The average molecular weight is 1340 g/mol. The van der Waals surface area contributed by atoms with Crippen LogP contribution in [0.1, 0.15) is 11.1 Å². The summed E-state index contributed by atoms with van der Waals surface area (Å²) >= 11 is 53.1. The summed E-state index contributed by atoms with van der Waals surface area (Å²) in [5.74, 6) is 0. The Bertz CT molecular complexity index is 1250. The fourth-order valence-corrected chi connectivity index (χ4v) is 13.7. The van der Waals surface area contributed by atoms with E-state index < -0.39 is 6.47 Å². The van der Waals surface area contributed by atoms with Gasteiger partial charge in [0.25, 0.3) is 0 Å². The predicted molar refractivity (Wildman–Crippen MR) is 186 cm³/mol. The van der Waals surface area contributed by atoms with Crippen molar-refractivity contribution >= 4 is 234 Å². The molecule has 3 aromatic carbocycles. The zero-order valence-electron chi connectivity index (χ0n) is 14.4. The molecule has 0 saturated heterocycles. The molecule has 0 bridgehead atoms. The third kappa shape index (κ3) is 5.22. The van der Waals surface area contributed by atoms with Crippen molar-refractivity contribution < 1.29 is 0 Å². The number of rotatable bonds is 3. The lowest BCUT2D eigenvalue weighted by atomic mass is 9.98. The van der Waals surface area contributed by atoms with E-state index >= 15 is 0 Å². The normalized spacial score (nSPS) is 12.7. The first-order valence-corrected chi connectivity index (χ1v) is 18.9. The molecular formula is C18H2Br14. The van der Waals surface area contributed by atoms with Gasteiger partial charge in [-0.15, -0.1) is 0 Å². The number of halogens is 14. The molecule has 14 heteroatoms. The summed E-state index contributed by atoms with van der Waals surface area (Å²) in [5.41, 5.74) is 1.86. The van der Waals surface area contributed by atoms with Crippen molar-refractivity contribution in [1.82, 2.24) is 0 Å². The van der Waals surface area contributed by atoms with E-state index in [4.69, 9.17) is 0 Å². The van der Waals surface area contributed by atoms with Gasteiger partial charge in [0.15, 0.2) is 0 Å². The molecule has 0 aliphatic rings. The second-order valence-electron chi connectivity index (χ2n) is 6.19. The maximum atomic E-state index is 4.00. The van der Waals surface area contributed by atoms with Crippen molar-refractivity contribution in [2.24, 2.45) is 0 Å². The van der Waals surface area contributed by atoms with Gasteiger partial charge in [-0.05, 0) is 171 Å². The number of alkyl halides is 4. The average Bonchev–Trinajstić information content (AvgIpc) is 2.71. The summed E-state index contributed by atoms with van der Waals surface area (Å²) in [5, 5.41) is 2.03. The van der Waals surface area contributed by atoms with Crippen molar-refractivity contribution in [3.05, 3.63) is 68.0 Å². The van der Waals surface area contributed by atoms with Crippen LogP contribution in [0.3, 0.4) is 0 Å². The minimum atomic E-state index is -0.849. The van der Waals surface area contributed by atoms with Crippen LogP contribution in [0, 0.1) is 0 Å². The SMILES string of the molecule is Brc1ccc2c(C(Br)(Br)C(Br)(Br)c3c(Br)c(Br)c(Br)c(Br)c3Br)c(Br)c(Br)c(Br)c2c1Br. The first-order chi connectivity index (χ1) is 14.6. The molecule has 0 heterocycles. The molecule has 0 aliphatic carbocycles. The fourth-order valence-electron chi connectivity index (χ4n) is 2.91. The molecule has 0 saturated carbocycles. The highest BCUT2D eigenvalue weighted by Crippen LogP contribution is 2.67. The molecule has 0 unspecified atom stereocenters. The molecule has 0 fully saturated rings. The standard InChI is InChI=1S/C18H2Br14/c19-4-2-1-3-5(8(4)20)9(21)13(25)10(22)6(3)17(29,30)18(31,32)7-11(23)14(26)16(28)15(27)12(7)24/h1-2H. The first kappa shape index (κ1) is 31.2. The molecular weight excluding hydrogens is 1330 g/mol. The van der Waals surface area contributed by atoms with Crippen molar-refractivity contribution in [2.75, 3.05) is 0 Å². The van der Waals surface area contributed by atoms with Crippen LogP contribution in [-0.4, -0.2) is 0 Å². The van der Waals surface area contributed by atoms with Gasteiger partial charge >= 0.3 is 0 Å². The Hall–Kier alpha value is 4.64. The maximum absolute atomic E-state index is 4.00. The molecule has 32 heavy (non-hydrogen) atoms. The van der Waals surface area contributed by atoms with Crippen LogP contribution >= 0.6 is 223 Å². The van der Waals surface area contributed by atoms with E-state index in [9.17, 15) is 0 Å². The first-order valence-electron chi connectivity index (χ1n) is 7.81. The molecule has 0 N–H and O–H groups in total. The minimum Gasteiger partial charge on any atom is -0.0644 e. The van der Waals surface area contributed by atoms with E-state index in [1.54, 1.807) is 0 Å². The van der Waals surface area contributed by atoms with E-state index in [1.165, 1.54) is 0 Å². The molecule has 0 radical (unpaired) electrons. The van der Waals surface area contributed by atoms with Gasteiger partial charge in [0.1, 0.15) is 6.47 Å². The van der Waals surface area contributed by atoms with Gasteiger partial charge in [-0.2, -0.15) is 0 Å². The largest absolute Gasteiger partial charge is 0.137 e. The summed E-state index contributed by atoms with van der Waals surface area (Å²) in [6.45, 7) is 0. The Morgan fingerprint density at radius 1 is 0.406 bits per heavy atom. The van der Waals surface area contributed by atoms with Gasteiger partial charge in [-0.25, -0.2) is 0 Å². The monoisotopic (exact) mass is 1320 g/mol. The van der Waals surface area contributed by atoms with Gasteiger partial charge in [-0.1, -0.05) is 69.8 Å². The second-order valence-corrected chi connectivity index (χ2v) is 21.1. The third-order valence-electron chi connectivity index (χ3n) is 4.42. The van der Waals surface area contributed by atoms with Crippen LogP contribution in [-0.2, 0) is 6.47 Å². The third-order valence-corrected chi connectivity index (χ3v) is 22.1. The predicted octanol–water partition coefficient (Wildman–Crippen LogP) is 15.1. The minimum absolute atomic E-state index is 0.849. The number of fused-ring (bicyclic) bond motifs is 1. The Morgan fingerprint density at radius 2 is 0.781 bits per heavy atom. The lowest BCUT2D eigenvalue weighted by molar-refractivity contribution is 0.833. The van der Waals surface area contributed by atoms with Crippen molar-refractivity contribution in [2.45, 2.75) is 6.47 Å². The lowest BCUT2D eigenvalue weighted by Gasteiger charge is -2.39. The molecule has 0 amide bonds. The molecule has 0 aliphatic heterocycles. The van der Waals surface area contributed by atoms with Gasteiger partial charge in [0.05, 0.1) is 0 Å². The van der Waals surface area contributed by atoms with Crippen molar-refractivity contribution in [1.29, 1.82) is 0 Å². The molecule has 3 aromatic rings. The topological polar surface area (TPSA) is 0 Å². The quantitative estimate of drug-likeness (QED) is 0.139. The highest BCUT2D eigenvalue weighted by molar-refractivity contribution is 9.29. The Kier molecular flexibility index (Phi) is 11.3. The zero-order valence-corrected chi connectivity index (χ0v) is 36.7. The van der Waals surface area contributed by atoms with Crippen molar-refractivity contribution in [3.63, 3.8) is 0 Å². The van der Waals surface area contributed by atoms with Gasteiger partial charge in [0.2, 0.25) is 0 Å². The number of hydrogen-bond acceptors (Lipinski definition) is 0. The van der Waals surface area contributed by atoms with Gasteiger partial charge in [0, 0.05) is 61.2 Å². The van der Waals surface area contributed by atoms with Crippen LogP contribution in [0.4, 0.5) is 0 Å². The van der Waals surface area contributed by atoms with Crippen LogP contribution < -0.4 is 0 Å². The van der Waals surface area contributed by atoms with Crippen LogP contribution in [0.25, 0.3) is 10.8 Å². The van der Waals surface area contributed by atoms with E-state index in [0.717, 1.165) is 66.6 Å². The van der Waals surface area contributed by atoms with E-state index in [2.05, 4.69) is 229 Å². The molecule has 0 spiro atoms. The van der Waals surface area contributed by atoms with Crippen molar-refractivity contribution in [3.8, 4) is 0 Å². The number of benzene rings is 3. The molecule has 0 aromatic heterocycles. The second kappa shape index (κ2) is 11.6. The summed E-state index contributed by atoms with van der Waals surface area (Å²) in [6, 6.07) is 4.09. The number of hydrogen-bond donors (Lipinski definition) is 0.